The standard InChI is InChI=1S/C37H66O15/c1-5-9-13-14-18-22-30(43)51-35-34(50-29(42)21-17-12-8-4)33(49-28(41)20-16-11-7-3)26(24-47-27(40)19-15-10-6-2)48-37(35)52-36(46)32(45)31(44)25(39)23-38/h25-26,31-39,44-46H,5-24H2,1-4H3/t25-,26+,31-,32-,33+,34-,35-,36?,37-/m0/s1. The van der Waals surface area contributed by atoms with Gasteiger partial charge in [0.2, 0.25) is 6.29 Å². The van der Waals surface area contributed by atoms with Crippen LogP contribution in [0, 0.1) is 0 Å². The predicted molar refractivity (Wildman–Crippen MR) is 187 cm³/mol. The van der Waals surface area contributed by atoms with Gasteiger partial charge in [-0.2, -0.15) is 0 Å². The SMILES string of the molecule is CCCCCCCC(=O)O[C@@H]1[C@H](OC(O)[C@@H](O)[C@@H](O)[C@@H](O)CO)O[C@H](COC(=O)CCCCC)[C@@H](OC(=O)CCCCC)[C@@H]1OC(=O)CCCCC. The minimum absolute atomic E-state index is 0.0170. The summed E-state index contributed by atoms with van der Waals surface area (Å²) in [6.45, 7) is 6.51. The van der Waals surface area contributed by atoms with E-state index in [-0.39, 0.29) is 25.7 Å². The van der Waals surface area contributed by atoms with E-state index in [2.05, 4.69) is 6.92 Å². The molecule has 304 valence electrons. The van der Waals surface area contributed by atoms with E-state index in [1.165, 1.54) is 0 Å². The molecule has 0 aromatic heterocycles. The van der Waals surface area contributed by atoms with Crippen molar-refractivity contribution in [3.63, 3.8) is 0 Å². The third kappa shape index (κ3) is 18.6. The largest absolute Gasteiger partial charge is 0.463 e. The van der Waals surface area contributed by atoms with Crippen LogP contribution in [-0.2, 0) is 47.6 Å². The molecule has 1 heterocycles. The minimum Gasteiger partial charge on any atom is -0.463 e. The Morgan fingerprint density at radius 3 is 1.48 bits per heavy atom. The van der Waals surface area contributed by atoms with Gasteiger partial charge in [0.1, 0.15) is 31.0 Å². The van der Waals surface area contributed by atoms with E-state index >= 15 is 0 Å². The maximum Gasteiger partial charge on any atom is 0.306 e. The lowest BCUT2D eigenvalue weighted by molar-refractivity contribution is -0.349. The summed E-state index contributed by atoms with van der Waals surface area (Å²) in [6, 6.07) is 0. The number of hydrogen-bond donors (Lipinski definition) is 5. The third-order valence-corrected chi connectivity index (χ3v) is 8.74. The van der Waals surface area contributed by atoms with Crippen LogP contribution in [-0.4, -0.2) is 118 Å². The molecule has 1 rings (SSSR count). The first-order valence-corrected chi connectivity index (χ1v) is 19.3. The third-order valence-electron chi connectivity index (χ3n) is 8.74. The Labute approximate surface area is 308 Å². The summed E-state index contributed by atoms with van der Waals surface area (Å²) in [5, 5.41) is 50.7. The summed E-state index contributed by atoms with van der Waals surface area (Å²) in [5.74, 6) is -2.66. The second kappa shape index (κ2) is 28.1. The summed E-state index contributed by atoms with van der Waals surface area (Å²) < 4.78 is 34.7. The van der Waals surface area contributed by atoms with E-state index in [9.17, 15) is 44.7 Å². The molecule has 1 saturated heterocycles. The number of esters is 4. The average molecular weight is 751 g/mol. The molecular formula is C37H66O15. The highest BCUT2D eigenvalue weighted by Crippen LogP contribution is 2.32. The number of carbonyl (C=O) groups is 4. The molecule has 0 amide bonds. The lowest BCUT2D eigenvalue weighted by Crippen LogP contribution is -2.64. The van der Waals surface area contributed by atoms with Crippen LogP contribution in [0.15, 0.2) is 0 Å². The molecule has 0 aliphatic carbocycles. The van der Waals surface area contributed by atoms with E-state index in [1.54, 1.807) is 0 Å². The van der Waals surface area contributed by atoms with Crippen molar-refractivity contribution >= 4 is 23.9 Å². The molecule has 52 heavy (non-hydrogen) atoms. The topological polar surface area (TPSA) is 225 Å². The van der Waals surface area contributed by atoms with E-state index in [0.717, 1.165) is 64.2 Å². The van der Waals surface area contributed by atoms with Crippen LogP contribution >= 0.6 is 0 Å². The first-order chi connectivity index (χ1) is 24.9. The van der Waals surface area contributed by atoms with Crippen molar-refractivity contribution in [2.75, 3.05) is 13.2 Å². The fraction of sp³-hybridized carbons (Fsp3) is 0.892. The van der Waals surface area contributed by atoms with Crippen LogP contribution in [0.5, 0.6) is 0 Å². The normalized spacial score (nSPS) is 22.5. The van der Waals surface area contributed by atoms with Crippen molar-refractivity contribution in [1.82, 2.24) is 0 Å². The molecule has 0 radical (unpaired) electrons. The number of rotatable bonds is 29. The second-order valence-electron chi connectivity index (χ2n) is 13.4. The second-order valence-corrected chi connectivity index (χ2v) is 13.4. The first-order valence-electron chi connectivity index (χ1n) is 19.3. The zero-order valence-corrected chi connectivity index (χ0v) is 31.7. The van der Waals surface area contributed by atoms with Crippen LogP contribution in [0.2, 0.25) is 0 Å². The molecule has 9 atom stereocenters. The van der Waals surface area contributed by atoms with Crippen molar-refractivity contribution in [3.8, 4) is 0 Å². The predicted octanol–water partition coefficient (Wildman–Crippen LogP) is 3.50. The van der Waals surface area contributed by atoms with Gasteiger partial charge in [-0.15, -0.1) is 0 Å². The zero-order chi connectivity index (χ0) is 38.9. The molecule has 15 heteroatoms. The molecule has 0 saturated carbocycles. The van der Waals surface area contributed by atoms with E-state index < -0.39 is 92.4 Å². The Morgan fingerprint density at radius 2 is 0.981 bits per heavy atom. The van der Waals surface area contributed by atoms with Crippen molar-refractivity contribution in [2.24, 2.45) is 0 Å². The summed E-state index contributed by atoms with van der Waals surface area (Å²) in [5.41, 5.74) is 0. The molecule has 1 aliphatic rings. The highest BCUT2D eigenvalue weighted by Gasteiger charge is 2.54. The molecule has 1 fully saturated rings. The fourth-order valence-corrected chi connectivity index (χ4v) is 5.56. The van der Waals surface area contributed by atoms with E-state index in [0.29, 0.717) is 25.7 Å². The summed E-state index contributed by atoms with van der Waals surface area (Å²) >= 11 is 0. The Balaban J connectivity index is 3.60. The van der Waals surface area contributed by atoms with Crippen LogP contribution in [0.4, 0.5) is 0 Å². The van der Waals surface area contributed by atoms with Crippen molar-refractivity contribution in [1.29, 1.82) is 0 Å². The number of aliphatic hydroxyl groups excluding tert-OH is 5. The summed E-state index contributed by atoms with van der Waals surface area (Å²) in [7, 11) is 0. The lowest BCUT2D eigenvalue weighted by Gasteiger charge is -2.45. The van der Waals surface area contributed by atoms with Crippen molar-refractivity contribution in [3.05, 3.63) is 0 Å². The van der Waals surface area contributed by atoms with E-state index in [1.807, 2.05) is 20.8 Å². The maximum absolute atomic E-state index is 13.2. The minimum atomic E-state index is -2.30. The Hall–Kier alpha value is -2.40. The van der Waals surface area contributed by atoms with Gasteiger partial charge in [-0.05, 0) is 25.7 Å². The molecule has 0 aromatic carbocycles. The molecule has 0 bridgehead atoms. The molecular weight excluding hydrogens is 684 g/mol. The number of hydrogen-bond acceptors (Lipinski definition) is 15. The van der Waals surface area contributed by atoms with Gasteiger partial charge < -0.3 is 54.0 Å². The van der Waals surface area contributed by atoms with Gasteiger partial charge in [0.05, 0.1) is 6.61 Å². The Morgan fingerprint density at radius 1 is 0.558 bits per heavy atom. The first kappa shape index (κ1) is 47.6. The van der Waals surface area contributed by atoms with Gasteiger partial charge in [0.15, 0.2) is 24.6 Å². The molecule has 15 nitrogen and oxygen atoms in total. The number of ether oxygens (including phenoxy) is 6. The number of aliphatic hydroxyl groups is 5. The number of unbranched alkanes of at least 4 members (excludes halogenated alkanes) is 10. The van der Waals surface area contributed by atoms with Gasteiger partial charge >= 0.3 is 23.9 Å². The van der Waals surface area contributed by atoms with Crippen molar-refractivity contribution < 1.29 is 73.1 Å². The van der Waals surface area contributed by atoms with E-state index in [4.69, 9.17) is 28.4 Å². The fourth-order valence-electron chi connectivity index (χ4n) is 5.56. The molecule has 0 aromatic rings. The van der Waals surface area contributed by atoms with Crippen LogP contribution in [0.3, 0.4) is 0 Å². The smallest absolute Gasteiger partial charge is 0.306 e. The molecule has 5 N–H and O–H groups in total. The highest BCUT2D eigenvalue weighted by atomic mass is 16.8. The van der Waals surface area contributed by atoms with Crippen molar-refractivity contribution in [2.45, 2.75) is 199 Å². The van der Waals surface area contributed by atoms with Gasteiger partial charge in [0, 0.05) is 25.7 Å². The Kier molecular flexibility index (Phi) is 25.7. The van der Waals surface area contributed by atoms with Gasteiger partial charge in [0.25, 0.3) is 0 Å². The molecule has 0 spiro atoms. The van der Waals surface area contributed by atoms with Gasteiger partial charge in [-0.1, -0.05) is 91.9 Å². The molecule has 1 unspecified atom stereocenters. The zero-order valence-electron chi connectivity index (χ0n) is 31.7. The quantitative estimate of drug-likeness (QED) is 0.0319. The van der Waals surface area contributed by atoms with Gasteiger partial charge in [-0.25, -0.2) is 0 Å². The highest BCUT2D eigenvalue weighted by molar-refractivity contribution is 5.72. The average Bonchev–Trinajstić information content (AvgIpc) is 3.12. The Bertz CT molecular complexity index is 994. The van der Waals surface area contributed by atoms with Crippen LogP contribution < -0.4 is 0 Å². The van der Waals surface area contributed by atoms with Crippen LogP contribution in [0.1, 0.15) is 143 Å². The number of carbonyl (C=O) groups excluding carboxylic acids is 4. The summed E-state index contributed by atoms with van der Waals surface area (Å²) in [4.78, 5) is 52.3. The lowest BCUT2D eigenvalue weighted by atomic mass is 9.97. The summed E-state index contributed by atoms with van der Waals surface area (Å²) in [6.07, 6.45) is -5.78. The molecule has 1 aliphatic heterocycles. The van der Waals surface area contributed by atoms with Crippen LogP contribution in [0.25, 0.3) is 0 Å². The monoisotopic (exact) mass is 750 g/mol. The van der Waals surface area contributed by atoms with Gasteiger partial charge in [-0.3, -0.25) is 19.2 Å². The maximum atomic E-state index is 13.2.